The van der Waals surface area contributed by atoms with Gasteiger partial charge in [0.05, 0.1) is 12.3 Å². The molecule has 0 aliphatic carbocycles. The van der Waals surface area contributed by atoms with Crippen LogP contribution in [0.1, 0.15) is 6.92 Å². The lowest BCUT2D eigenvalue weighted by atomic mass is 10.1. The van der Waals surface area contributed by atoms with E-state index in [1.807, 2.05) is 73.7 Å². The number of aromatic nitrogens is 5. The zero-order valence-electron chi connectivity index (χ0n) is 19.0. The molecule has 0 radical (unpaired) electrons. The molecule has 1 amide bonds. The number of fused-ring (bicyclic) bond motifs is 1. The van der Waals surface area contributed by atoms with Gasteiger partial charge >= 0.3 is 0 Å². The largest absolute Gasteiger partial charge is 0.494 e. The Labute approximate surface area is 201 Å². The van der Waals surface area contributed by atoms with Gasteiger partial charge in [0.15, 0.2) is 12.3 Å². The number of benzene rings is 2. The third kappa shape index (κ3) is 5.09. The molecule has 0 bridgehead atoms. The van der Waals surface area contributed by atoms with Gasteiger partial charge in [-0.1, -0.05) is 24.3 Å². The minimum atomic E-state index is -0.274. The van der Waals surface area contributed by atoms with Crippen LogP contribution in [0, 0.1) is 0 Å². The third-order valence-corrected chi connectivity index (χ3v) is 5.09. The molecule has 3 heterocycles. The number of rotatable bonds is 8. The topological polar surface area (TPSA) is 104 Å². The van der Waals surface area contributed by atoms with Crippen molar-refractivity contribution >= 4 is 17.2 Å². The zero-order chi connectivity index (χ0) is 24.0. The molecule has 0 unspecified atom stereocenters. The summed E-state index contributed by atoms with van der Waals surface area (Å²) in [6.45, 7) is 2.34. The highest BCUT2D eigenvalue weighted by molar-refractivity contribution is 5.92. The molecule has 2 aromatic carbocycles. The molecule has 9 nitrogen and oxygen atoms in total. The van der Waals surface area contributed by atoms with Crippen LogP contribution in [-0.4, -0.2) is 43.9 Å². The Morgan fingerprint density at radius 2 is 1.74 bits per heavy atom. The van der Waals surface area contributed by atoms with Gasteiger partial charge in [-0.05, 0) is 55.5 Å². The van der Waals surface area contributed by atoms with Crippen molar-refractivity contribution < 1.29 is 14.3 Å². The number of hydrogen-bond acceptors (Lipinski definition) is 7. The molecule has 5 rings (SSSR count). The fraction of sp³-hybridized carbons (Fsp3) is 0.115. The fourth-order valence-corrected chi connectivity index (χ4v) is 3.52. The van der Waals surface area contributed by atoms with Gasteiger partial charge in [0.1, 0.15) is 17.2 Å². The van der Waals surface area contributed by atoms with E-state index in [4.69, 9.17) is 14.6 Å². The van der Waals surface area contributed by atoms with Gasteiger partial charge in [0.25, 0.3) is 5.91 Å². The van der Waals surface area contributed by atoms with E-state index in [1.165, 1.54) is 0 Å². The summed E-state index contributed by atoms with van der Waals surface area (Å²) in [5.74, 6) is 1.54. The summed E-state index contributed by atoms with van der Waals surface area (Å²) >= 11 is 0. The number of nitrogens with zero attached hydrogens (tertiary/aromatic N) is 5. The van der Waals surface area contributed by atoms with E-state index in [2.05, 4.69) is 20.5 Å². The average Bonchev–Trinajstić information content (AvgIpc) is 3.32. The van der Waals surface area contributed by atoms with Crippen molar-refractivity contribution in [2.45, 2.75) is 6.92 Å². The van der Waals surface area contributed by atoms with E-state index in [1.54, 1.807) is 22.8 Å². The van der Waals surface area contributed by atoms with Crippen molar-refractivity contribution in [3.05, 3.63) is 85.1 Å². The molecule has 35 heavy (non-hydrogen) atoms. The molecule has 0 aliphatic heterocycles. The molecule has 0 saturated heterocycles. The van der Waals surface area contributed by atoms with Crippen LogP contribution >= 0.6 is 0 Å². The first-order valence-corrected chi connectivity index (χ1v) is 11.1. The number of pyridine rings is 1. The van der Waals surface area contributed by atoms with Crippen molar-refractivity contribution in [3.8, 4) is 34.3 Å². The summed E-state index contributed by atoms with van der Waals surface area (Å²) < 4.78 is 12.7. The Kier molecular flexibility index (Phi) is 6.29. The Morgan fingerprint density at radius 3 is 2.57 bits per heavy atom. The summed E-state index contributed by atoms with van der Waals surface area (Å²) in [5.41, 5.74) is 3.46. The Bertz CT molecular complexity index is 1470. The first-order valence-electron chi connectivity index (χ1n) is 11.1. The second-order valence-corrected chi connectivity index (χ2v) is 7.55. The van der Waals surface area contributed by atoms with Crippen molar-refractivity contribution in [2.24, 2.45) is 0 Å². The van der Waals surface area contributed by atoms with Gasteiger partial charge < -0.3 is 14.8 Å². The molecule has 0 atom stereocenters. The minimum Gasteiger partial charge on any atom is -0.494 e. The molecule has 1 N–H and O–H groups in total. The maximum Gasteiger partial charge on any atom is 0.262 e. The number of nitrogens with one attached hydrogen (secondary N) is 1. The van der Waals surface area contributed by atoms with E-state index in [0.717, 1.165) is 5.56 Å². The number of hydrogen-bond donors (Lipinski definition) is 1. The molecular weight excluding hydrogens is 444 g/mol. The SMILES string of the molecule is CCOc1cccc(OCC(=O)Nc2cccc(-c3ccc4nnc(-c5ccccn5)n4n3)c2)c1. The lowest BCUT2D eigenvalue weighted by molar-refractivity contribution is -0.118. The monoisotopic (exact) mass is 466 g/mol. The first-order chi connectivity index (χ1) is 17.2. The van der Waals surface area contributed by atoms with Crippen LogP contribution < -0.4 is 14.8 Å². The molecule has 0 saturated carbocycles. The molecule has 3 aromatic heterocycles. The molecular formula is C26H22N6O3. The average molecular weight is 467 g/mol. The van der Waals surface area contributed by atoms with Crippen LogP contribution in [0.5, 0.6) is 11.5 Å². The number of carbonyl (C=O) groups excluding carboxylic acids is 1. The Balaban J connectivity index is 1.31. The van der Waals surface area contributed by atoms with Crippen LogP contribution in [0.25, 0.3) is 28.4 Å². The molecule has 174 valence electrons. The van der Waals surface area contributed by atoms with E-state index in [-0.39, 0.29) is 12.5 Å². The van der Waals surface area contributed by atoms with E-state index >= 15 is 0 Å². The summed E-state index contributed by atoms with van der Waals surface area (Å²) in [6, 6.07) is 23.9. The lowest BCUT2D eigenvalue weighted by Gasteiger charge is -2.10. The van der Waals surface area contributed by atoms with Gasteiger partial charge in [0, 0.05) is 23.5 Å². The summed E-state index contributed by atoms with van der Waals surface area (Å²) in [6.07, 6.45) is 1.70. The minimum absolute atomic E-state index is 0.127. The molecule has 9 heteroatoms. The van der Waals surface area contributed by atoms with Gasteiger partial charge in [0.2, 0.25) is 5.82 Å². The summed E-state index contributed by atoms with van der Waals surface area (Å²) in [5, 5.41) is 16.0. The normalized spacial score (nSPS) is 10.8. The first kappa shape index (κ1) is 22.0. The quantitative estimate of drug-likeness (QED) is 0.364. The maximum atomic E-state index is 12.5. The highest BCUT2D eigenvalue weighted by Crippen LogP contribution is 2.23. The number of carbonyl (C=O) groups is 1. The highest BCUT2D eigenvalue weighted by atomic mass is 16.5. The van der Waals surface area contributed by atoms with Gasteiger partial charge in [-0.3, -0.25) is 9.78 Å². The van der Waals surface area contributed by atoms with E-state index in [9.17, 15) is 4.79 Å². The molecule has 0 aliphatic rings. The van der Waals surface area contributed by atoms with Crippen LogP contribution in [-0.2, 0) is 4.79 Å². The predicted molar refractivity (Wildman–Crippen MR) is 131 cm³/mol. The van der Waals surface area contributed by atoms with Gasteiger partial charge in [-0.25, -0.2) is 0 Å². The Hall–Kier alpha value is -4.79. The number of amides is 1. The van der Waals surface area contributed by atoms with Crippen LogP contribution in [0.2, 0.25) is 0 Å². The second kappa shape index (κ2) is 10.0. The zero-order valence-corrected chi connectivity index (χ0v) is 19.0. The summed E-state index contributed by atoms with van der Waals surface area (Å²) in [4.78, 5) is 16.8. The van der Waals surface area contributed by atoms with Crippen LogP contribution in [0.3, 0.4) is 0 Å². The van der Waals surface area contributed by atoms with Crippen molar-refractivity contribution in [1.29, 1.82) is 0 Å². The smallest absolute Gasteiger partial charge is 0.262 e. The van der Waals surface area contributed by atoms with Crippen molar-refractivity contribution in [3.63, 3.8) is 0 Å². The predicted octanol–water partition coefficient (Wildman–Crippen LogP) is 4.27. The highest BCUT2D eigenvalue weighted by Gasteiger charge is 2.12. The number of anilines is 1. The number of ether oxygens (including phenoxy) is 2. The molecule has 0 spiro atoms. The van der Waals surface area contributed by atoms with E-state index in [0.29, 0.717) is 46.7 Å². The Morgan fingerprint density at radius 1 is 0.886 bits per heavy atom. The lowest BCUT2D eigenvalue weighted by Crippen LogP contribution is -2.20. The van der Waals surface area contributed by atoms with Gasteiger partial charge in [-0.2, -0.15) is 9.61 Å². The maximum absolute atomic E-state index is 12.5. The van der Waals surface area contributed by atoms with Crippen LogP contribution in [0.15, 0.2) is 85.1 Å². The molecule has 5 aromatic rings. The third-order valence-electron chi connectivity index (χ3n) is 5.09. The fourth-order valence-electron chi connectivity index (χ4n) is 3.52. The second-order valence-electron chi connectivity index (χ2n) is 7.55. The standard InChI is InChI=1S/C26H22N6O3/c1-2-34-20-9-6-10-21(16-20)35-17-25(33)28-19-8-5-7-18(15-19)22-12-13-24-29-30-26(32(24)31-22)23-11-3-4-14-27-23/h3-16H,2,17H2,1H3,(H,28,33). The van der Waals surface area contributed by atoms with Gasteiger partial charge in [-0.15, -0.1) is 10.2 Å². The molecule has 0 fully saturated rings. The van der Waals surface area contributed by atoms with Crippen LogP contribution in [0.4, 0.5) is 5.69 Å². The van der Waals surface area contributed by atoms with Crippen molar-refractivity contribution in [2.75, 3.05) is 18.5 Å². The summed E-state index contributed by atoms with van der Waals surface area (Å²) in [7, 11) is 0. The van der Waals surface area contributed by atoms with E-state index < -0.39 is 0 Å². The van der Waals surface area contributed by atoms with Crippen molar-refractivity contribution in [1.82, 2.24) is 24.8 Å².